The van der Waals surface area contributed by atoms with Crippen LogP contribution < -0.4 is 10.2 Å². The second-order valence-electron chi connectivity index (χ2n) is 6.33. The highest BCUT2D eigenvalue weighted by atomic mass is 16.6. The largest absolute Gasteiger partial charge is 0.481 e. The predicted molar refractivity (Wildman–Crippen MR) is 86.9 cm³/mol. The van der Waals surface area contributed by atoms with Crippen molar-refractivity contribution in [1.82, 2.24) is 0 Å². The van der Waals surface area contributed by atoms with Gasteiger partial charge < -0.3 is 15.2 Å². The van der Waals surface area contributed by atoms with Gasteiger partial charge in [-0.15, -0.1) is 0 Å². The summed E-state index contributed by atoms with van der Waals surface area (Å²) in [6, 6.07) is 6.90. The summed E-state index contributed by atoms with van der Waals surface area (Å²) >= 11 is 0. The van der Waals surface area contributed by atoms with Gasteiger partial charge in [-0.1, -0.05) is 18.9 Å². The lowest BCUT2D eigenvalue weighted by molar-refractivity contribution is -0.150. The maximum atomic E-state index is 12.3. The smallest absolute Gasteiger partial charge is 0.414 e. The van der Waals surface area contributed by atoms with Crippen LogP contribution in [0.2, 0.25) is 0 Å². The second kappa shape index (κ2) is 6.51. The fourth-order valence-electron chi connectivity index (χ4n) is 3.41. The molecule has 0 aromatic heterocycles. The van der Waals surface area contributed by atoms with E-state index in [1.54, 1.807) is 24.3 Å². The van der Waals surface area contributed by atoms with Crippen molar-refractivity contribution in [3.63, 3.8) is 0 Å². The van der Waals surface area contributed by atoms with Crippen molar-refractivity contribution in [1.29, 1.82) is 0 Å². The Morgan fingerprint density at radius 1 is 1.29 bits per heavy atom. The molecule has 7 nitrogen and oxygen atoms in total. The zero-order valence-corrected chi connectivity index (χ0v) is 13.3. The van der Waals surface area contributed by atoms with Gasteiger partial charge in [-0.2, -0.15) is 0 Å². The number of carboxylic acid groups (broad SMARTS) is 1. The highest BCUT2D eigenvalue weighted by Crippen LogP contribution is 2.41. The first kappa shape index (κ1) is 16.3. The number of cyclic esters (lactones) is 1. The highest BCUT2D eigenvalue weighted by molar-refractivity contribution is 5.96. The molecule has 1 saturated carbocycles. The molecule has 0 atom stereocenters. The minimum Gasteiger partial charge on any atom is -0.481 e. The van der Waals surface area contributed by atoms with Crippen molar-refractivity contribution in [3.8, 4) is 0 Å². The minimum absolute atomic E-state index is 0.0294. The van der Waals surface area contributed by atoms with E-state index in [9.17, 15) is 19.5 Å². The van der Waals surface area contributed by atoms with Gasteiger partial charge in [-0.25, -0.2) is 4.79 Å². The molecule has 7 heteroatoms. The minimum atomic E-state index is -0.944. The van der Waals surface area contributed by atoms with E-state index in [1.807, 2.05) is 0 Å². The zero-order valence-electron chi connectivity index (χ0n) is 13.3. The van der Waals surface area contributed by atoms with Crippen LogP contribution in [0.3, 0.4) is 0 Å². The van der Waals surface area contributed by atoms with Gasteiger partial charge in [0.05, 0.1) is 12.0 Å². The molecule has 3 rings (SSSR count). The van der Waals surface area contributed by atoms with E-state index in [0.29, 0.717) is 37.4 Å². The number of aliphatic carboxylic acids is 1. The number of carbonyl (C=O) groups excluding carboxylic acids is 2. The third kappa shape index (κ3) is 3.20. The molecule has 1 aromatic carbocycles. The number of benzene rings is 1. The van der Waals surface area contributed by atoms with Gasteiger partial charge in [0.2, 0.25) is 5.91 Å². The van der Waals surface area contributed by atoms with Gasteiger partial charge in [-0.05, 0) is 31.0 Å². The number of hydrogen-bond acceptors (Lipinski definition) is 4. The van der Waals surface area contributed by atoms with E-state index < -0.39 is 17.5 Å². The molecule has 24 heavy (non-hydrogen) atoms. The van der Waals surface area contributed by atoms with Crippen LogP contribution in [-0.4, -0.2) is 36.2 Å². The van der Waals surface area contributed by atoms with Gasteiger partial charge in [-0.3, -0.25) is 14.5 Å². The SMILES string of the molecule is O=C(CC1(C(=O)O)CCCC1)Nc1cccc(N2CCOC2=O)c1. The molecule has 0 radical (unpaired) electrons. The number of ether oxygens (including phenoxy) is 1. The maximum absolute atomic E-state index is 12.3. The number of nitrogens with one attached hydrogen (secondary N) is 1. The Morgan fingerprint density at radius 3 is 2.67 bits per heavy atom. The summed E-state index contributed by atoms with van der Waals surface area (Å²) in [4.78, 5) is 36.9. The summed E-state index contributed by atoms with van der Waals surface area (Å²) in [5.41, 5.74) is 0.236. The van der Waals surface area contributed by atoms with Crippen LogP contribution in [0.25, 0.3) is 0 Å². The molecule has 2 fully saturated rings. The van der Waals surface area contributed by atoms with Crippen LogP contribution in [0, 0.1) is 5.41 Å². The maximum Gasteiger partial charge on any atom is 0.414 e. The predicted octanol–water partition coefficient (Wildman–Crippen LogP) is 2.62. The standard InChI is InChI=1S/C17H20N2O5/c20-14(11-17(15(21)22)6-1-2-7-17)18-12-4-3-5-13(10-12)19-8-9-24-16(19)23/h3-5,10H,1-2,6-9,11H2,(H,18,20)(H,21,22). The summed E-state index contributed by atoms with van der Waals surface area (Å²) < 4.78 is 4.90. The first-order valence-corrected chi connectivity index (χ1v) is 8.08. The Kier molecular flexibility index (Phi) is 4.42. The van der Waals surface area contributed by atoms with Crippen LogP contribution in [-0.2, 0) is 14.3 Å². The third-order valence-electron chi connectivity index (χ3n) is 4.72. The molecule has 2 N–H and O–H groups in total. The normalized spacial score (nSPS) is 19.2. The molecular formula is C17H20N2O5. The molecular weight excluding hydrogens is 312 g/mol. The van der Waals surface area contributed by atoms with Crippen LogP contribution in [0.15, 0.2) is 24.3 Å². The van der Waals surface area contributed by atoms with E-state index in [2.05, 4.69) is 5.32 Å². The molecule has 2 amide bonds. The number of carboxylic acids is 1. The number of nitrogens with zero attached hydrogens (tertiary/aromatic N) is 1. The first-order chi connectivity index (χ1) is 11.5. The van der Waals surface area contributed by atoms with Crippen LogP contribution in [0.5, 0.6) is 0 Å². The van der Waals surface area contributed by atoms with Gasteiger partial charge in [0, 0.05) is 17.8 Å². The van der Waals surface area contributed by atoms with E-state index in [0.717, 1.165) is 12.8 Å². The summed E-state index contributed by atoms with van der Waals surface area (Å²) in [6.45, 7) is 0.814. The molecule has 0 bridgehead atoms. The zero-order chi connectivity index (χ0) is 17.2. The van der Waals surface area contributed by atoms with Gasteiger partial charge >= 0.3 is 12.1 Å². The average Bonchev–Trinajstić information content (AvgIpc) is 3.17. The highest BCUT2D eigenvalue weighted by Gasteiger charge is 2.43. The average molecular weight is 332 g/mol. The number of hydrogen-bond donors (Lipinski definition) is 2. The van der Waals surface area contributed by atoms with Crippen molar-refractivity contribution in [2.24, 2.45) is 5.41 Å². The quantitative estimate of drug-likeness (QED) is 0.864. The summed E-state index contributed by atoms with van der Waals surface area (Å²) in [7, 11) is 0. The van der Waals surface area contributed by atoms with Crippen molar-refractivity contribution < 1.29 is 24.2 Å². The Morgan fingerprint density at radius 2 is 2.04 bits per heavy atom. The molecule has 128 valence electrons. The van der Waals surface area contributed by atoms with E-state index in [4.69, 9.17) is 4.74 Å². The van der Waals surface area contributed by atoms with Crippen molar-refractivity contribution >= 4 is 29.3 Å². The fraction of sp³-hybridized carbons (Fsp3) is 0.471. The molecule has 1 aliphatic carbocycles. The van der Waals surface area contributed by atoms with Crippen molar-refractivity contribution in [2.75, 3.05) is 23.4 Å². The first-order valence-electron chi connectivity index (χ1n) is 8.08. The number of carbonyl (C=O) groups is 3. The summed E-state index contributed by atoms with van der Waals surface area (Å²) in [6.07, 6.45) is 2.32. The van der Waals surface area contributed by atoms with E-state index in [1.165, 1.54) is 4.90 Å². The summed E-state index contributed by atoms with van der Waals surface area (Å²) in [5, 5.41) is 12.2. The Hall–Kier alpha value is -2.57. The van der Waals surface area contributed by atoms with Crippen LogP contribution >= 0.6 is 0 Å². The third-order valence-corrected chi connectivity index (χ3v) is 4.72. The topological polar surface area (TPSA) is 95.9 Å². The van der Waals surface area contributed by atoms with Crippen molar-refractivity contribution in [3.05, 3.63) is 24.3 Å². The molecule has 1 heterocycles. The Bertz CT molecular complexity index is 667. The fourth-order valence-corrected chi connectivity index (χ4v) is 3.41. The van der Waals surface area contributed by atoms with E-state index in [-0.39, 0.29) is 12.3 Å². The van der Waals surface area contributed by atoms with Crippen LogP contribution in [0.1, 0.15) is 32.1 Å². The molecule has 1 aliphatic heterocycles. The lowest BCUT2D eigenvalue weighted by atomic mass is 9.82. The second-order valence-corrected chi connectivity index (χ2v) is 6.33. The Balaban J connectivity index is 1.68. The van der Waals surface area contributed by atoms with Crippen LogP contribution in [0.4, 0.5) is 16.2 Å². The number of anilines is 2. The molecule has 2 aliphatic rings. The summed E-state index contributed by atoms with van der Waals surface area (Å²) in [5.74, 6) is -1.22. The lowest BCUT2D eigenvalue weighted by Gasteiger charge is -2.23. The molecule has 1 saturated heterocycles. The number of amides is 2. The molecule has 0 unspecified atom stereocenters. The molecule has 0 spiro atoms. The van der Waals surface area contributed by atoms with Crippen molar-refractivity contribution in [2.45, 2.75) is 32.1 Å². The molecule has 1 aromatic rings. The Labute approximate surface area is 139 Å². The lowest BCUT2D eigenvalue weighted by Crippen LogP contribution is -2.32. The number of rotatable bonds is 5. The van der Waals surface area contributed by atoms with Gasteiger partial charge in [0.1, 0.15) is 6.61 Å². The van der Waals surface area contributed by atoms with E-state index >= 15 is 0 Å². The monoisotopic (exact) mass is 332 g/mol. The van der Waals surface area contributed by atoms with Gasteiger partial charge in [0.25, 0.3) is 0 Å². The van der Waals surface area contributed by atoms with Gasteiger partial charge in [0.15, 0.2) is 0 Å².